The average Bonchev–Trinajstić information content (AvgIpc) is 2.96. The second kappa shape index (κ2) is 7.61. The van der Waals surface area contributed by atoms with Crippen LogP contribution in [0.5, 0.6) is 0 Å². The number of aromatic nitrogens is 2. The van der Waals surface area contributed by atoms with Crippen LogP contribution in [0.25, 0.3) is 5.69 Å². The van der Waals surface area contributed by atoms with Crippen LogP contribution in [0.3, 0.4) is 0 Å². The van der Waals surface area contributed by atoms with E-state index in [0.29, 0.717) is 11.3 Å². The predicted molar refractivity (Wildman–Crippen MR) is 101 cm³/mol. The molecule has 0 spiro atoms. The lowest BCUT2D eigenvalue weighted by molar-refractivity contribution is -0.384. The Morgan fingerprint density at radius 1 is 1.22 bits per heavy atom. The second-order valence-electron chi connectivity index (χ2n) is 5.87. The van der Waals surface area contributed by atoms with Crippen LogP contribution >= 0.6 is 0 Å². The van der Waals surface area contributed by atoms with E-state index < -0.39 is 4.92 Å². The van der Waals surface area contributed by atoms with Gasteiger partial charge in [-0.15, -0.1) is 0 Å². The summed E-state index contributed by atoms with van der Waals surface area (Å²) >= 11 is 0. The number of non-ortho nitro benzene ring substituents is 1. The average molecular weight is 363 g/mol. The number of hydrazone groups is 1. The van der Waals surface area contributed by atoms with Crippen molar-refractivity contribution in [1.29, 1.82) is 0 Å². The Morgan fingerprint density at radius 2 is 1.96 bits per heavy atom. The van der Waals surface area contributed by atoms with E-state index in [4.69, 9.17) is 0 Å². The Morgan fingerprint density at radius 3 is 2.67 bits per heavy atom. The van der Waals surface area contributed by atoms with E-state index in [2.05, 4.69) is 15.5 Å². The maximum absolute atomic E-state index is 12.0. The molecule has 1 N–H and O–H groups in total. The first kappa shape index (κ1) is 18.0. The topological polar surface area (TPSA) is 102 Å². The molecule has 2 heterocycles. The molecule has 3 rings (SSSR count). The van der Waals surface area contributed by atoms with Gasteiger partial charge in [-0.2, -0.15) is 5.10 Å². The fourth-order valence-corrected chi connectivity index (χ4v) is 2.79. The van der Waals surface area contributed by atoms with Gasteiger partial charge in [-0.05, 0) is 38.1 Å². The zero-order valence-electron chi connectivity index (χ0n) is 14.8. The van der Waals surface area contributed by atoms with Crippen molar-refractivity contribution in [3.63, 3.8) is 0 Å². The number of nitrogens with zero attached hydrogens (tertiary/aromatic N) is 4. The molecular formula is C19H17N5O3. The number of carbonyl (C=O) groups excluding carboxylic acids is 1. The van der Waals surface area contributed by atoms with Crippen LogP contribution in [0.2, 0.25) is 0 Å². The quantitative estimate of drug-likeness (QED) is 0.427. The molecule has 0 atom stereocenters. The summed E-state index contributed by atoms with van der Waals surface area (Å²) in [6, 6.07) is 11.5. The van der Waals surface area contributed by atoms with E-state index in [-0.39, 0.29) is 11.6 Å². The number of rotatable bonds is 5. The van der Waals surface area contributed by atoms with Crippen molar-refractivity contribution in [3.8, 4) is 5.69 Å². The van der Waals surface area contributed by atoms with Crippen LogP contribution < -0.4 is 5.43 Å². The van der Waals surface area contributed by atoms with E-state index in [1.807, 2.05) is 24.5 Å². The Balaban J connectivity index is 1.83. The maximum Gasteiger partial charge on any atom is 0.271 e. The summed E-state index contributed by atoms with van der Waals surface area (Å²) in [5.41, 5.74) is 6.21. The van der Waals surface area contributed by atoms with Gasteiger partial charge in [0.15, 0.2) is 0 Å². The second-order valence-corrected chi connectivity index (χ2v) is 5.87. The van der Waals surface area contributed by atoms with Gasteiger partial charge < -0.3 is 4.57 Å². The van der Waals surface area contributed by atoms with Gasteiger partial charge in [0.2, 0.25) is 0 Å². The Kier molecular flexibility index (Phi) is 5.07. The van der Waals surface area contributed by atoms with Crippen LogP contribution in [0.4, 0.5) is 5.69 Å². The standard InChI is InChI=1S/C19H17N5O3/c1-13-10-16(12-21-22-19(25)15-6-8-20-9-7-15)14(2)23(13)17-4-3-5-18(11-17)24(26)27/h3-12H,1-2H3,(H,22,25)/b21-12+. The van der Waals surface area contributed by atoms with E-state index in [0.717, 1.165) is 17.0 Å². The molecule has 1 amide bonds. The third kappa shape index (κ3) is 3.90. The molecule has 8 heteroatoms. The lowest BCUT2D eigenvalue weighted by Crippen LogP contribution is -2.17. The van der Waals surface area contributed by atoms with Crippen molar-refractivity contribution < 1.29 is 9.72 Å². The molecule has 0 bridgehead atoms. The van der Waals surface area contributed by atoms with Gasteiger partial charge >= 0.3 is 0 Å². The summed E-state index contributed by atoms with van der Waals surface area (Å²) in [5, 5.41) is 15.0. The van der Waals surface area contributed by atoms with Gasteiger partial charge in [0.1, 0.15) is 0 Å². The van der Waals surface area contributed by atoms with Crippen molar-refractivity contribution in [2.75, 3.05) is 0 Å². The van der Waals surface area contributed by atoms with Crippen LogP contribution in [-0.2, 0) is 0 Å². The molecule has 0 saturated carbocycles. The van der Waals surface area contributed by atoms with Crippen molar-refractivity contribution in [1.82, 2.24) is 15.0 Å². The third-order valence-corrected chi connectivity index (χ3v) is 4.08. The molecule has 8 nitrogen and oxygen atoms in total. The van der Waals surface area contributed by atoms with Crippen molar-refractivity contribution in [2.24, 2.45) is 5.10 Å². The Labute approximate surface area is 155 Å². The monoisotopic (exact) mass is 363 g/mol. The number of carbonyl (C=O) groups is 1. The largest absolute Gasteiger partial charge is 0.318 e. The minimum Gasteiger partial charge on any atom is -0.318 e. The van der Waals surface area contributed by atoms with E-state index in [9.17, 15) is 14.9 Å². The molecule has 0 aliphatic rings. The number of nitro benzene ring substituents is 1. The molecule has 27 heavy (non-hydrogen) atoms. The number of aryl methyl sites for hydroxylation is 1. The molecular weight excluding hydrogens is 346 g/mol. The first-order chi connectivity index (χ1) is 13.0. The minimum absolute atomic E-state index is 0.0276. The molecule has 0 fully saturated rings. The number of hydrogen-bond acceptors (Lipinski definition) is 5. The molecule has 0 radical (unpaired) electrons. The lowest BCUT2D eigenvalue weighted by atomic mass is 10.2. The number of benzene rings is 1. The highest BCUT2D eigenvalue weighted by Gasteiger charge is 2.13. The SMILES string of the molecule is Cc1cc(/C=N/NC(=O)c2ccncc2)c(C)n1-c1cccc([N+](=O)[O-])c1. The summed E-state index contributed by atoms with van der Waals surface area (Å²) in [6.07, 6.45) is 4.62. The van der Waals surface area contributed by atoms with Gasteiger partial charge in [-0.25, -0.2) is 5.43 Å². The first-order valence-corrected chi connectivity index (χ1v) is 8.14. The van der Waals surface area contributed by atoms with Gasteiger partial charge in [0, 0.05) is 47.0 Å². The van der Waals surface area contributed by atoms with E-state index in [1.54, 1.807) is 30.5 Å². The summed E-state index contributed by atoms with van der Waals surface area (Å²) in [6.45, 7) is 3.79. The minimum atomic E-state index is -0.422. The summed E-state index contributed by atoms with van der Waals surface area (Å²) in [4.78, 5) is 26.4. The summed E-state index contributed by atoms with van der Waals surface area (Å²) in [7, 11) is 0. The smallest absolute Gasteiger partial charge is 0.271 e. The summed E-state index contributed by atoms with van der Waals surface area (Å²) in [5.74, 6) is -0.332. The highest BCUT2D eigenvalue weighted by Crippen LogP contribution is 2.23. The molecule has 136 valence electrons. The number of hydrogen-bond donors (Lipinski definition) is 1. The van der Waals surface area contributed by atoms with Crippen LogP contribution in [0.1, 0.15) is 27.3 Å². The fraction of sp³-hybridized carbons (Fsp3) is 0.105. The van der Waals surface area contributed by atoms with Crippen molar-refractivity contribution in [3.05, 3.63) is 87.5 Å². The first-order valence-electron chi connectivity index (χ1n) is 8.14. The Bertz CT molecular complexity index is 1030. The summed E-state index contributed by atoms with van der Waals surface area (Å²) < 4.78 is 1.90. The number of nitrogens with one attached hydrogen (secondary N) is 1. The number of amides is 1. The molecule has 2 aromatic heterocycles. The predicted octanol–water partition coefficient (Wildman–Crippen LogP) is 3.16. The van der Waals surface area contributed by atoms with Gasteiger partial charge in [-0.3, -0.25) is 19.9 Å². The van der Waals surface area contributed by atoms with Crippen molar-refractivity contribution in [2.45, 2.75) is 13.8 Å². The van der Waals surface area contributed by atoms with E-state index in [1.165, 1.54) is 24.5 Å². The molecule has 3 aromatic rings. The number of pyridine rings is 1. The Hall–Kier alpha value is -3.81. The fourth-order valence-electron chi connectivity index (χ4n) is 2.79. The molecule has 0 unspecified atom stereocenters. The normalized spacial score (nSPS) is 10.9. The zero-order valence-corrected chi connectivity index (χ0v) is 14.8. The highest BCUT2D eigenvalue weighted by atomic mass is 16.6. The van der Waals surface area contributed by atoms with Gasteiger partial charge in [-0.1, -0.05) is 6.07 Å². The third-order valence-electron chi connectivity index (χ3n) is 4.08. The van der Waals surface area contributed by atoms with Gasteiger partial charge in [0.05, 0.1) is 16.8 Å². The number of nitro groups is 1. The van der Waals surface area contributed by atoms with Crippen LogP contribution in [0, 0.1) is 24.0 Å². The molecule has 0 aliphatic heterocycles. The van der Waals surface area contributed by atoms with Crippen LogP contribution in [0.15, 0.2) is 60.0 Å². The zero-order chi connectivity index (χ0) is 19.4. The molecule has 0 aliphatic carbocycles. The van der Waals surface area contributed by atoms with Crippen molar-refractivity contribution >= 4 is 17.8 Å². The van der Waals surface area contributed by atoms with E-state index >= 15 is 0 Å². The highest BCUT2D eigenvalue weighted by molar-refractivity contribution is 5.94. The maximum atomic E-state index is 12.0. The lowest BCUT2D eigenvalue weighted by Gasteiger charge is -2.09. The molecule has 1 aromatic carbocycles. The molecule has 0 saturated heterocycles. The van der Waals surface area contributed by atoms with Crippen LogP contribution in [-0.4, -0.2) is 26.6 Å². The van der Waals surface area contributed by atoms with Gasteiger partial charge in [0.25, 0.3) is 11.6 Å².